The Morgan fingerprint density at radius 3 is 2.45 bits per heavy atom. The van der Waals surface area contributed by atoms with E-state index in [0.29, 0.717) is 11.6 Å². The number of benzene rings is 2. The molecule has 0 bridgehead atoms. The van der Waals surface area contributed by atoms with Gasteiger partial charge in [0.25, 0.3) is 0 Å². The maximum absolute atomic E-state index is 12.7. The van der Waals surface area contributed by atoms with Crippen LogP contribution in [0.15, 0.2) is 59.5 Å². The van der Waals surface area contributed by atoms with Crippen LogP contribution in [0.4, 0.5) is 0 Å². The Morgan fingerprint density at radius 1 is 1.05 bits per heavy atom. The van der Waals surface area contributed by atoms with Crippen LogP contribution in [0.1, 0.15) is 18.1 Å². The number of hydrogen-bond donors (Lipinski definition) is 0. The second-order valence-electron chi connectivity index (χ2n) is 4.78. The Balaban J connectivity index is 1.85. The second-order valence-corrected chi connectivity index (χ2v) is 6.89. The molecule has 0 aliphatic carbocycles. The lowest BCUT2D eigenvalue weighted by molar-refractivity contribution is 0.113. The zero-order valence-corrected chi connectivity index (χ0v) is 12.4. The molecular weight excluding hydrogens is 292 g/mol. The summed E-state index contributed by atoms with van der Waals surface area (Å²) in [5.74, 6) is 0. The molecule has 1 saturated heterocycles. The highest BCUT2D eigenvalue weighted by Crippen LogP contribution is 2.34. The van der Waals surface area contributed by atoms with Crippen molar-refractivity contribution in [2.45, 2.75) is 22.7 Å². The third kappa shape index (κ3) is 2.80. The van der Waals surface area contributed by atoms with Crippen LogP contribution in [0, 0.1) is 0 Å². The molecule has 0 N–H and O–H groups in total. The summed E-state index contributed by atoms with van der Waals surface area (Å²) in [4.78, 5) is 0.811. The first-order valence-corrected chi connectivity index (χ1v) is 8.17. The van der Waals surface area contributed by atoms with E-state index in [0.717, 1.165) is 16.9 Å². The lowest BCUT2D eigenvalue weighted by Crippen LogP contribution is -2.19. The van der Waals surface area contributed by atoms with Crippen molar-refractivity contribution in [2.75, 3.05) is 6.61 Å². The molecule has 1 fully saturated rings. The van der Waals surface area contributed by atoms with Crippen LogP contribution in [-0.2, 0) is 15.5 Å². The molecule has 1 aliphatic heterocycles. The summed E-state index contributed by atoms with van der Waals surface area (Å²) in [5.41, 5.74) is 1.09. The molecule has 3 rings (SSSR count). The molecule has 1 heterocycles. The fraction of sp³-hybridized carbons (Fsp3) is 0.250. The van der Waals surface area contributed by atoms with Gasteiger partial charge in [-0.05, 0) is 36.2 Å². The first-order chi connectivity index (χ1) is 9.75. The van der Waals surface area contributed by atoms with Gasteiger partial charge in [0.15, 0.2) is 0 Å². The van der Waals surface area contributed by atoms with Crippen molar-refractivity contribution >= 4 is 22.4 Å². The average molecular weight is 307 g/mol. The van der Waals surface area contributed by atoms with Gasteiger partial charge in [0.2, 0.25) is 0 Å². The molecule has 3 atom stereocenters. The molecular formula is C16H15ClO2S. The largest absolute Gasteiger partial charge is 0.372 e. The summed E-state index contributed by atoms with van der Waals surface area (Å²) < 4.78 is 18.5. The molecule has 104 valence electrons. The normalized spacial score (nSPS) is 23.6. The highest BCUT2D eigenvalue weighted by Gasteiger charge is 2.34. The molecule has 0 spiro atoms. The molecule has 1 aliphatic rings. The van der Waals surface area contributed by atoms with Crippen molar-refractivity contribution in [1.82, 2.24) is 0 Å². The summed E-state index contributed by atoms with van der Waals surface area (Å²) in [5, 5.41) is 0.659. The first kappa shape index (κ1) is 13.8. The number of halogens is 1. The van der Waals surface area contributed by atoms with Crippen LogP contribution in [0.3, 0.4) is 0 Å². The van der Waals surface area contributed by atoms with Gasteiger partial charge >= 0.3 is 0 Å². The van der Waals surface area contributed by atoms with Crippen molar-refractivity contribution < 1.29 is 8.95 Å². The van der Waals surface area contributed by atoms with E-state index in [2.05, 4.69) is 0 Å². The molecule has 0 saturated carbocycles. The van der Waals surface area contributed by atoms with E-state index < -0.39 is 10.8 Å². The number of hydrogen-bond acceptors (Lipinski definition) is 2. The van der Waals surface area contributed by atoms with Crippen LogP contribution >= 0.6 is 11.6 Å². The van der Waals surface area contributed by atoms with Crippen LogP contribution in [0.2, 0.25) is 5.02 Å². The minimum Gasteiger partial charge on any atom is -0.372 e. The Morgan fingerprint density at radius 2 is 1.75 bits per heavy atom. The zero-order chi connectivity index (χ0) is 13.9. The highest BCUT2D eigenvalue weighted by atomic mass is 35.5. The van der Waals surface area contributed by atoms with Gasteiger partial charge in [-0.25, -0.2) is 0 Å². The van der Waals surface area contributed by atoms with Crippen molar-refractivity contribution in [1.29, 1.82) is 0 Å². The van der Waals surface area contributed by atoms with Gasteiger partial charge < -0.3 is 4.74 Å². The van der Waals surface area contributed by atoms with E-state index in [4.69, 9.17) is 16.3 Å². The quantitative estimate of drug-likeness (QED) is 0.857. The van der Waals surface area contributed by atoms with E-state index in [1.54, 1.807) is 12.1 Å². The van der Waals surface area contributed by atoms with Gasteiger partial charge in [0, 0.05) is 16.5 Å². The van der Waals surface area contributed by atoms with Gasteiger partial charge in [0.1, 0.15) is 0 Å². The van der Waals surface area contributed by atoms with Crippen LogP contribution in [0.5, 0.6) is 0 Å². The van der Waals surface area contributed by atoms with Crippen molar-refractivity contribution in [3.8, 4) is 0 Å². The molecule has 0 radical (unpaired) electrons. The monoisotopic (exact) mass is 306 g/mol. The van der Waals surface area contributed by atoms with E-state index >= 15 is 0 Å². The highest BCUT2D eigenvalue weighted by molar-refractivity contribution is 7.85. The van der Waals surface area contributed by atoms with Gasteiger partial charge in [0.05, 0.1) is 22.2 Å². The standard InChI is InChI=1S/C16H15ClO2S/c17-13-6-8-14(9-7-13)20(18)15-10-11-19-16(15)12-4-2-1-3-5-12/h1-9,15-16H,10-11H2/t15-,16+,20-/m1/s1. The summed E-state index contributed by atoms with van der Waals surface area (Å²) in [6, 6.07) is 17.2. The lowest BCUT2D eigenvalue weighted by atomic mass is 10.1. The Bertz CT molecular complexity index is 598. The molecule has 2 nitrogen and oxygen atoms in total. The average Bonchev–Trinajstić information content (AvgIpc) is 2.97. The van der Waals surface area contributed by atoms with Gasteiger partial charge in [-0.3, -0.25) is 4.21 Å². The fourth-order valence-corrected chi connectivity index (χ4v) is 4.14. The van der Waals surface area contributed by atoms with Crippen LogP contribution < -0.4 is 0 Å². The third-order valence-electron chi connectivity index (χ3n) is 3.49. The summed E-state index contributed by atoms with van der Waals surface area (Å²) in [7, 11) is -1.08. The van der Waals surface area contributed by atoms with Gasteiger partial charge in [-0.1, -0.05) is 41.9 Å². The predicted octanol–water partition coefficient (Wildman–Crippen LogP) is 3.98. The second kappa shape index (κ2) is 6.08. The smallest absolute Gasteiger partial charge is 0.0972 e. The minimum atomic E-state index is -1.08. The van der Waals surface area contributed by atoms with E-state index in [1.165, 1.54) is 0 Å². The molecule has 0 amide bonds. The zero-order valence-electron chi connectivity index (χ0n) is 10.9. The lowest BCUT2D eigenvalue weighted by Gasteiger charge is -2.18. The molecule has 2 aromatic rings. The minimum absolute atomic E-state index is 0.00132. The van der Waals surface area contributed by atoms with Gasteiger partial charge in [-0.15, -0.1) is 0 Å². The molecule has 0 unspecified atom stereocenters. The van der Waals surface area contributed by atoms with Crippen molar-refractivity contribution in [3.63, 3.8) is 0 Å². The first-order valence-electron chi connectivity index (χ1n) is 6.58. The summed E-state index contributed by atoms with van der Waals surface area (Å²) in [6.07, 6.45) is 0.724. The van der Waals surface area contributed by atoms with Crippen LogP contribution in [0.25, 0.3) is 0 Å². The number of rotatable bonds is 3. The SMILES string of the molecule is O=[S@](c1ccc(Cl)cc1)[C@@H]1CCO[C@H]1c1ccccc1. The van der Waals surface area contributed by atoms with E-state index in [-0.39, 0.29) is 11.4 Å². The predicted molar refractivity (Wildman–Crippen MR) is 81.4 cm³/mol. The third-order valence-corrected chi connectivity index (χ3v) is 5.51. The van der Waals surface area contributed by atoms with Crippen LogP contribution in [-0.4, -0.2) is 16.1 Å². The molecule has 2 aromatic carbocycles. The molecule has 4 heteroatoms. The van der Waals surface area contributed by atoms with Crippen molar-refractivity contribution in [2.24, 2.45) is 0 Å². The van der Waals surface area contributed by atoms with Gasteiger partial charge in [-0.2, -0.15) is 0 Å². The van der Waals surface area contributed by atoms with Crippen molar-refractivity contribution in [3.05, 3.63) is 65.2 Å². The Kier molecular flexibility index (Phi) is 4.20. The Hall–Kier alpha value is -1.16. The summed E-state index contributed by atoms with van der Waals surface area (Å²) in [6.45, 7) is 0.656. The topological polar surface area (TPSA) is 26.3 Å². The van der Waals surface area contributed by atoms with E-state index in [9.17, 15) is 4.21 Å². The maximum Gasteiger partial charge on any atom is 0.0972 e. The number of ether oxygens (including phenoxy) is 1. The maximum atomic E-state index is 12.7. The molecule has 20 heavy (non-hydrogen) atoms. The van der Waals surface area contributed by atoms with E-state index in [1.807, 2.05) is 42.5 Å². The summed E-state index contributed by atoms with van der Waals surface area (Å²) >= 11 is 5.88. The molecule has 0 aromatic heterocycles. The fourth-order valence-electron chi connectivity index (χ4n) is 2.49. The Labute approximate surface area is 126 Å².